The van der Waals surface area contributed by atoms with Crippen molar-refractivity contribution in [2.45, 2.75) is 25.9 Å². The molecule has 0 spiro atoms. The van der Waals surface area contributed by atoms with Gasteiger partial charge in [-0.05, 0) is 18.6 Å². The van der Waals surface area contributed by atoms with Crippen molar-refractivity contribution in [3.63, 3.8) is 0 Å². The Kier molecular flexibility index (Phi) is 5.38. The topological polar surface area (TPSA) is 84.6 Å². The first-order chi connectivity index (χ1) is 8.60. The molecular formula is C12H18N2O4. The Morgan fingerprint density at radius 2 is 2.28 bits per heavy atom. The first-order valence-electron chi connectivity index (χ1n) is 5.83. The van der Waals surface area contributed by atoms with Crippen LogP contribution in [-0.2, 0) is 0 Å². The summed E-state index contributed by atoms with van der Waals surface area (Å²) in [5.74, 6) is 0.204. The molecule has 0 aromatic heterocycles. The van der Waals surface area contributed by atoms with Crippen LogP contribution in [0.1, 0.15) is 19.8 Å². The molecule has 100 valence electrons. The van der Waals surface area contributed by atoms with Crippen LogP contribution < -0.4 is 10.1 Å². The molecule has 0 aliphatic heterocycles. The predicted octanol–water partition coefficient (Wildman–Crippen LogP) is 2.18. The third-order valence-corrected chi connectivity index (χ3v) is 2.55. The van der Waals surface area contributed by atoms with Crippen molar-refractivity contribution in [1.82, 2.24) is 0 Å². The maximum absolute atomic E-state index is 11.0. The maximum atomic E-state index is 11.0. The molecular weight excluding hydrogens is 236 g/mol. The standard InChI is InChI=1S/C12H18N2O4/c1-3-5-9(15)8-13-10-6-4-7-11(18-2)12(10)14(16)17/h4,6-7,9,13,15H,3,5,8H2,1-2H3. The Balaban J connectivity index is 2.85. The predicted molar refractivity (Wildman–Crippen MR) is 69.1 cm³/mol. The molecule has 6 heteroatoms. The number of nitro groups is 1. The largest absolute Gasteiger partial charge is 0.490 e. The maximum Gasteiger partial charge on any atom is 0.333 e. The van der Waals surface area contributed by atoms with Crippen molar-refractivity contribution in [3.05, 3.63) is 28.3 Å². The number of aliphatic hydroxyl groups is 1. The van der Waals surface area contributed by atoms with E-state index in [4.69, 9.17) is 4.74 Å². The molecule has 0 bridgehead atoms. The second kappa shape index (κ2) is 6.80. The third kappa shape index (κ3) is 3.59. The minimum Gasteiger partial charge on any atom is -0.490 e. The zero-order valence-corrected chi connectivity index (χ0v) is 10.5. The number of ether oxygens (including phenoxy) is 1. The number of nitro benzene ring substituents is 1. The van der Waals surface area contributed by atoms with Crippen molar-refractivity contribution >= 4 is 11.4 Å². The average Bonchev–Trinajstić information content (AvgIpc) is 2.35. The van der Waals surface area contributed by atoms with E-state index in [0.29, 0.717) is 12.1 Å². The van der Waals surface area contributed by atoms with Crippen LogP contribution in [0.5, 0.6) is 5.75 Å². The summed E-state index contributed by atoms with van der Waals surface area (Å²) in [4.78, 5) is 10.5. The molecule has 18 heavy (non-hydrogen) atoms. The summed E-state index contributed by atoms with van der Waals surface area (Å²) in [6, 6.07) is 4.80. The van der Waals surface area contributed by atoms with E-state index >= 15 is 0 Å². The van der Waals surface area contributed by atoms with Gasteiger partial charge in [-0.3, -0.25) is 10.1 Å². The molecule has 0 aliphatic carbocycles. The van der Waals surface area contributed by atoms with Crippen LogP contribution in [0.4, 0.5) is 11.4 Å². The normalized spacial score (nSPS) is 11.9. The van der Waals surface area contributed by atoms with Crippen LogP contribution in [-0.4, -0.2) is 29.8 Å². The molecule has 2 N–H and O–H groups in total. The Hall–Kier alpha value is -1.82. The average molecular weight is 254 g/mol. The van der Waals surface area contributed by atoms with Crippen molar-refractivity contribution in [3.8, 4) is 5.75 Å². The zero-order valence-electron chi connectivity index (χ0n) is 10.5. The highest BCUT2D eigenvalue weighted by atomic mass is 16.6. The van der Waals surface area contributed by atoms with E-state index < -0.39 is 11.0 Å². The van der Waals surface area contributed by atoms with E-state index in [0.717, 1.165) is 6.42 Å². The number of aliphatic hydroxyl groups excluding tert-OH is 1. The van der Waals surface area contributed by atoms with Gasteiger partial charge in [-0.15, -0.1) is 0 Å². The minimum atomic E-state index is -0.513. The monoisotopic (exact) mass is 254 g/mol. The summed E-state index contributed by atoms with van der Waals surface area (Å²) < 4.78 is 4.96. The summed E-state index contributed by atoms with van der Waals surface area (Å²) >= 11 is 0. The fourth-order valence-electron chi connectivity index (χ4n) is 1.68. The lowest BCUT2D eigenvalue weighted by Crippen LogP contribution is -2.19. The third-order valence-electron chi connectivity index (χ3n) is 2.55. The van der Waals surface area contributed by atoms with E-state index in [1.165, 1.54) is 13.2 Å². The molecule has 0 fully saturated rings. The molecule has 1 atom stereocenters. The number of nitrogens with zero attached hydrogens (tertiary/aromatic N) is 1. The highest BCUT2D eigenvalue weighted by molar-refractivity contribution is 5.68. The second-order valence-corrected chi connectivity index (χ2v) is 3.94. The van der Waals surface area contributed by atoms with Gasteiger partial charge >= 0.3 is 5.69 Å². The first kappa shape index (κ1) is 14.2. The Bertz CT molecular complexity index is 409. The number of methoxy groups -OCH3 is 1. The van der Waals surface area contributed by atoms with Crippen LogP contribution in [0.25, 0.3) is 0 Å². The van der Waals surface area contributed by atoms with Crippen molar-refractivity contribution in [2.24, 2.45) is 0 Å². The zero-order chi connectivity index (χ0) is 13.5. The van der Waals surface area contributed by atoms with Crippen molar-refractivity contribution < 1.29 is 14.8 Å². The molecule has 0 heterocycles. The van der Waals surface area contributed by atoms with Gasteiger partial charge in [0.25, 0.3) is 0 Å². The Morgan fingerprint density at radius 3 is 2.83 bits per heavy atom. The fraction of sp³-hybridized carbons (Fsp3) is 0.500. The van der Waals surface area contributed by atoms with E-state index in [1.807, 2.05) is 6.92 Å². The number of rotatable bonds is 7. The molecule has 1 unspecified atom stereocenters. The molecule has 1 aromatic rings. The van der Waals surface area contributed by atoms with Gasteiger partial charge in [-0.1, -0.05) is 19.4 Å². The lowest BCUT2D eigenvalue weighted by Gasteiger charge is -2.13. The number of anilines is 1. The molecule has 1 rings (SSSR count). The minimum absolute atomic E-state index is 0.108. The first-order valence-corrected chi connectivity index (χ1v) is 5.83. The second-order valence-electron chi connectivity index (χ2n) is 3.94. The molecule has 0 saturated carbocycles. The fourth-order valence-corrected chi connectivity index (χ4v) is 1.68. The van der Waals surface area contributed by atoms with Gasteiger partial charge in [0.05, 0.1) is 18.1 Å². The Morgan fingerprint density at radius 1 is 1.56 bits per heavy atom. The summed E-state index contributed by atoms with van der Waals surface area (Å²) in [7, 11) is 1.39. The molecule has 0 amide bonds. The summed E-state index contributed by atoms with van der Waals surface area (Å²) in [5.41, 5.74) is 0.248. The van der Waals surface area contributed by atoms with Gasteiger partial charge < -0.3 is 15.2 Å². The number of benzene rings is 1. The van der Waals surface area contributed by atoms with Crippen LogP contribution >= 0.6 is 0 Å². The van der Waals surface area contributed by atoms with E-state index in [2.05, 4.69) is 5.32 Å². The molecule has 0 radical (unpaired) electrons. The lowest BCUT2D eigenvalue weighted by atomic mass is 10.2. The van der Waals surface area contributed by atoms with Gasteiger partial charge in [0.15, 0.2) is 5.75 Å². The van der Waals surface area contributed by atoms with E-state index in [-0.39, 0.29) is 18.0 Å². The van der Waals surface area contributed by atoms with Gasteiger partial charge in [-0.2, -0.15) is 0 Å². The summed E-state index contributed by atoms with van der Waals surface area (Å²) in [6.45, 7) is 2.25. The van der Waals surface area contributed by atoms with Gasteiger partial charge in [0.2, 0.25) is 0 Å². The van der Waals surface area contributed by atoms with Crippen molar-refractivity contribution in [2.75, 3.05) is 19.0 Å². The molecule has 0 aliphatic rings. The Labute approximate surface area is 106 Å². The van der Waals surface area contributed by atoms with Gasteiger partial charge in [-0.25, -0.2) is 0 Å². The van der Waals surface area contributed by atoms with E-state index in [9.17, 15) is 15.2 Å². The van der Waals surface area contributed by atoms with E-state index in [1.54, 1.807) is 12.1 Å². The van der Waals surface area contributed by atoms with Crippen LogP contribution in [0, 0.1) is 10.1 Å². The van der Waals surface area contributed by atoms with Crippen LogP contribution in [0.3, 0.4) is 0 Å². The van der Waals surface area contributed by atoms with Gasteiger partial charge in [0, 0.05) is 6.54 Å². The number of hydrogen-bond donors (Lipinski definition) is 2. The summed E-state index contributed by atoms with van der Waals surface area (Å²) in [6.07, 6.45) is 1.01. The number of nitrogens with one attached hydrogen (secondary N) is 1. The number of para-hydroxylation sites is 1. The highest BCUT2D eigenvalue weighted by Gasteiger charge is 2.20. The highest BCUT2D eigenvalue weighted by Crippen LogP contribution is 2.34. The van der Waals surface area contributed by atoms with Crippen LogP contribution in [0.15, 0.2) is 18.2 Å². The quantitative estimate of drug-likeness (QED) is 0.575. The smallest absolute Gasteiger partial charge is 0.333 e. The van der Waals surface area contributed by atoms with Gasteiger partial charge in [0.1, 0.15) is 5.69 Å². The van der Waals surface area contributed by atoms with Crippen LogP contribution in [0.2, 0.25) is 0 Å². The molecule has 1 aromatic carbocycles. The van der Waals surface area contributed by atoms with Crippen molar-refractivity contribution in [1.29, 1.82) is 0 Å². The number of hydrogen-bond acceptors (Lipinski definition) is 5. The summed E-state index contributed by atoms with van der Waals surface area (Å²) in [5, 5.41) is 23.5. The SMILES string of the molecule is CCCC(O)CNc1cccc(OC)c1[N+](=O)[O-]. The molecule has 6 nitrogen and oxygen atoms in total. The lowest BCUT2D eigenvalue weighted by molar-refractivity contribution is -0.384. The molecule has 0 saturated heterocycles.